The van der Waals surface area contributed by atoms with E-state index >= 15 is 0 Å². The molecule has 0 fully saturated rings. The summed E-state index contributed by atoms with van der Waals surface area (Å²) < 4.78 is 0. The van der Waals surface area contributed by atoms with Crippen molar-refractivity contribution in [3.8, 4) is 0 Å². The van der Waals surface area contributed by atoms with Gasteiger partial charge in [0, 0.05) is 0 Å². The van der Waals surface area contributed by atoms with E-state index in [0.717, 1.165) is 0 Å². The summed E-state index contributed by atoms with van der Waals surface area (Å²) in [5, 5.41) is 4.31. The van der Waals surface area contributed by atoms with Gasteiger partial charge in [-0.1, -0.05) is 54.6 Å². The number of hydrogen-bond acceptors (Lipinski definition) is 0. The van der Waals surface area contributed by atoms with Crippen molar-refractivity contribution in [2.24, 2.45) is 0 Å². The second-order valence-corrected chi connectivity index (χ2v) is 16.5. The topological polar surface area (TPSA) is 0 Å². The Balaban J connectivity index is 0.000000433. The van der Waals surface area contributed by atoms with E-state index < -0.39 is 23.1 Å². The Bertz CT molecular complexity index is 582. The summed E-state index contributed by atoms with van der Waals surface area (Å²) in [7, 11) is 14.0. The van der Waals surface area contributed by atoms with Gasteiger partial charge in [-0.2, -0.15) is 0 Å². The third-order valence-corrected chi connectivity index (χ3v) is 5.92. The molecule has 0 saturated carbocycles. The van der Waals surface area contributed by atoms with Crippen LogP contribution < -0.4 is 15.9 Å². The average Bonchev–Trinajstić information content (AvgIpc) is 2.58. The molecular weight excluding hydrogens is 550 g/mol. The SMILES string of the molecule is [Cl][Au]([Cl])[Cl].c1ccc([PH+](c2ccccc2)c2ccccc2)cc1. The van der Waals surface area contributed by atoms with Gasteiger partial charge in [-0.15, -0.1) is 0 Å². The van der Waals surface area contributed by atoms with Crippen molar-refractivity contribution in [2.45, 2.75) is 0 Å². The maximum Gasteiger partial charge on any atom is 0.102 e. The van der Waals surface area contributed by atoms with Gasteiger partial charge in [-0.3, -0.25) is 0 Å². The molecule has 0 saturated heterocycles. The summed E-state index contributed by atoms with van der Waals surface area (Å²) in [5.74, 6) is 0. The van der Waals surface area contributed by atoms with Gasteiger partial charge in [0.15, 0.2) is 0 Å². The van der Waals surface area contributed by atoms with Crippen LogP contribution in [0.5, 0.6) is 0 Å². The van der Waals surface area contributed by atoms with Crippen LogP contribution in [0, 0.1) is 0 Å². The molecule has 0 N–H and O–H groups in total. The normalized spacial score (nSPS) is 10.7. The molecule has 0 heterocycles. The largest absolute Gasteiger partial charge is 0.102 e. The van der Waals surface area contributed by atoms with Gasteiger partial charge in [0.25, 0.3) is 0 Å². The smallest absolute Gasteiger partial charge is 0.0620 e. The molecule has 0 atom stereocenters. The molecule has 3 aromatic rings. The number of rotatable bonds is 3. The van der Waals surface area contributed by atoms with Crippen LogP contribution in [0.15, 0.2) is 91.0 Å². The second kappa shape index (κ2) is 10.5. The van der Waals surface area contributed by atoms with Gasteiger partial charge >= 0.3 is 42.8 Å². The van der Waals surface area contributed by atoms with Crippen molar-refractivity contribution < 1.29 is 15.2 Å². The van der Waals surface area contributed by atoms with Crippen LogP contribution in [0.1, 0.15) is 0 Å². The van der Waals surface area contributed by atoms with E-state index in [-0.39, 0.29) is 0 Å². The predicted molar refractivity (Wildman–Crippen MR) is 104 cm³/mol. The molecule has 0 amide bonds. The molecule has 0 aromatic heterocycles. The van der Waals surface area contributed by atoms with Gasteiger partial charge in [0.05, 0.1) is 7.92 Å². The van der Waals surface area contributed by atoms with E-state index in [1.807, 2.05) is 0 Å². The van der Waals surface area contributed by atoms with Crippen LogP contribution in [0.25, 0.3) is 0 Å². The summed E-state index contributed by atoms with van der Waals surface area (Å²) in [4.78, 5) is 0. The van der Waals surface area contributed by atoms with Crippen molar-refractivity contribution in [1.29, 1.82) is 0 Å². The van der Waals surface area contributed by atoms with E-state index in [1.165, 1.54) is 15.9 Å². The third kappa shape index (κ3) is 6.61. The molecule has 3 rings (SSSR count). The second-order valence-electron chi connectivity index (χ2n) is 4.60. The number of hydrogen-bond donors (Lipinski definition) is 0. The first-order valence-electron chi connectivity index (χ1n) is 6.82. The van der Waals surface area contributed by atoms with Crippen LogP contribution in [-0.2, 0) is 15.2 Å². The average molecular weight is 567 g/mol. The molecule has 0 unspecified atom stereocenters. The third-order valence-electron chi connectivity index (χ3n) is 3.19. The van der Waals surface area contributed by atoms with Crippen molar-refractivity contribution in [3.05, 3.63) is 91.0 Å². The molecule has 0 radical (unpaired) electrons. The van der Waals surface area contributed by atoms with Gasteiger partial charge in [0.1, 0.15) is 15.9 Å². The fraction of sp³-hybridized carbons (Fsp3) is 0. The van der Waals surface area contributed by atoms with E-state index in [4.69, 9.17) is 27.6 Å². The minimum absolute atomic E-state index is 0.877. The maximum absolute atomic E-state index is 4.95. The first-order chi connectivity index (χ1) is 11.2. The van der Waals surface area contributed by atoms with Gasteiger partial charge in [-0.05, 0) is 36.4 Å². The monoisotopic (exact) mass is 565 g/mol. The fourth-order valence-electron chi connectivity index (χ4n) is 2.31. The molecule has 0 aliphatic rings. The van der Waals surface area contributed by atoms with Crippen molar-refractivity contribution in [1.82, 2.24) is 0 Å². The summed E-state index contributed by atoms with van der Waals surface area (Å²) in [6, 6.07) is 32.5. The van der Waals surface area contributed by atoms with Crippen molar-refractivity contribution in [2.75, 3.05) is 0 Å². The molecule has 0 nitrogen and oxygen atoms in total. The van der Waals surface area contributed by atoms with Crippen LogP contribution in [0.2, 0.25) is 0 Å². The Kier molecular flexibility index (Phi) is 8.72. The van der Waals surface area contributed by atoms with E-state index in [0.29, 0.717) is 0 Å². The molecule has 0 aliphatic carbocycles. The van der Waals surface area contributed by atoms with E-state index in [9.17, 15) is 0 Å². The zero-order valence-corrected chi connectivity index (χ0v) is 17.5. The number of benzene rings is 3. The number of halogens is 3. The van der Waals surface area contributed by atoms with Crippen LogP contribution in [0.4, 0.5) is 0 Å². The molecule has 23 heavy (non-hydrogen) atoms. The Morgan fingerprint density at radius 2 is 0.696 bits per heavy atom. The van der Waals surface area contributed by atoms with E-state index in [1.54, 1.807) is 0 Å². The molecular formula is C18H16AuCl3P+. The molecule has 0 spiro atoms. The molecule has 0 bridgehead atoms. The fourth-order valence-corrected chi connectivity index (χ4v) is 4.89. The quantitative estimate of drug-likeness (QED) is 0.301. The Hall–Kier alpha value is -0.300. The van der Waals surface area contributed by atoms with Crippen molar-refractivity contribution >= 4 is 51.4 Å². The summed E-state index contributed by atoms with van der Waals surface area (Å²) in [6.45, 7) is 0. The van der Waals surface area contributed by atoms with Gasteiger partial charge in [0.2, 0.25) is 0 Å². The summed E-state index contributed by atoms with van der Waals surface area (Å²) in [6.07, 6.45) is 0. The van der Waals surface area contributed by atoms with Crippen LogP contribution in [0.3, 0.4) is 0 Å². The summed E-state index contributed by atoms with van der Waals surface area (Å²) >= 11 is -1.79. The minimum Gasteiger partial charge on any atom is -0.0620 e. The predicted octanol–water partition coefficient (Wildman–Crippen LogP) is 5.24. The van der Waals surface area contributed by atoms with Crippen LogP contribution in [-0.4, -0.2) is 0 Å². The van der Waals surface area contributed by atoms with Crippen molar-refractivity contribution in [3.63, 3.8) is 0 Å². The first-order valence-corrected chi connectivity index (χ1v) is 16.4. The van der Waals surface area contributed by atoms with Crippen LogP contribution >= 0.6 is 35.5 Å². The Morgan fingerprint density at radius 1 is 0.478 bits per heavy atom. The maximum atomic E-state index is 4.95. The first kappa shape index (κ1) is 19.0. The molecule has 3 aromatic carbocycles. The standard InChI is InChI=1S/C18H15P.Au.3ClH/c1-4-10-16(11-5-1)19(17-12-6-2-7-13-17)18-14-8-3-9-15-18;;;;/h1-15H;;3*1H/q;+3;;;/p-2. The Morgan fingerprint density at radius 3 is 0.913 bits per heavy atom. The zero-order valence-electron chi connectivity index (χ0n) is 12.1. The van der Waals surface area contributed by atoms with Gasteiger partial charge < -0.3 is 0 Å². The zero-order chi connectivity index (χ0) is 16.5. The summed E-state index contributed by atoms with van der Waals surface area (Å²) in [5.41, 5.74) is 0. The van der Waals surface area contributed by atoms with Gasteiger partial charge in [-0.25, -0.2) is 0 Å². The minimum atomic E-state index is -1.79. The molecule has 5 heteroatoms. The Labute approximate surface area is 156 Å². The van der Waals surface area contributed by atoms with E-state index in [2.05, 4.69) is 91.0 Å². The molecule has 124 valence electrons. The molecule has 0 aliphatic heterocycles.